The van der Waals surface area contributed by atoms with Gasteiger partial charge in [0, 0.05) is 24.8 Å². The van der Waals surface area contributed by atoms with Gasteiger partial charge in [-0.1, -0.05) is 6.42 Å². The van der Waals surface area contributed by atoms with Gasteiger partial charge in [0.05, 0.1) is 18.3 Å². The number of amides is 1. The van der Waals surface area contributed by atoms with E-state index < -0.39 is 0 Å². The molecule has 2 fully saturated rings. The molecule has 5 heteroatoms. The Morgan fingerprint density at radius 2 is 2.05 bits per heavy atom. The van der Waals surface area contributed by atoms with Crippen molar-refractivity contribution in [1.82, 2.24) is 14.8 Å². The van der Waals surface area contributed by atoms with E-state index in [1.54, 1.807) is 12.3 Å². The molecule has 2 aliphatic rings. The number of aromatic nitrogens is 1. The van der Waals surface area contributed by atoms with Crippen LogP contribution in [-0.2, 0) is 11.2 Å². The zero-order valence-corrected chi connectivity index (χ0v) is 12.5. The van der Waals surface area contributed by atoms with E-state index in [4.69, 9.17) is 5.73 Å². The number of nitrogens with two attached hydrogens (primary N) is 1. The fourth-order valence-corrected chi connectivity index (χ4v) is 3.36. The predicted molar refractivity (Wildman–Crippen MR) is 82.8 cm³/mol. The molecular formula is C16H24N4O. The highest BCUT2D eigenvalue weighted by molar-refractivity contribution is 5.78. The average molecular weight is 288 g/mol. The summed E-state index contributed by atoms with van der Waals surface area (Å²) in [5.41, 5.74) is 7.06. The van der Waals surface area contributed by atoms with E-state index in [1.165, 1.54) is 32.4 Å². The van der Waals surface area contributed by atoms with E-state index in [9.17, 15) is 4.79 Å². The lowest BCUT2D eigenvalue weighted by Gasteiger charge is -2.32. The van der Waals surface area contributed by atoms with Gasteiger partial charge >= 0.3 is 0 Å². The van der Waals surface area contributed by atoms with Crippen LogP contribution in [0.3, 0.4) is 0 Å². The zero-order chi connectivity index (χ0) is 14.7. The number of piperidine rings is 1. The maximum Gasteiger partial charge on any atom is 0.228 e. The quantitative estimate of drug-likeness (QED) is 0.910. The molecule has 1 amide bonds. The Morgan fingerprint density at radius 1 is 1.24 bits per heavy atom. The van der Waals surface area contributed by atoms with Crippen LogP contribution in [0.4, 0.5) is 5.69 Å². The molecule has 2 saturated heterocycles. The average Bonchev–Trinajstić information content (AvgIpc) is 3.00. The first-order chi connectivity index (χ1) is 10.2. The third-order valence-electron chi connectivity index (χ3n) is 4.60. The number of rotatable bonds is 3. The fraction of sp³-hybridized carbons (Fsp3) is 0.625. The number of pyridine rings is 1. The van der Waals surface area contributed by atoms with Crippen molar-refractivity contribution in [2.24, 2.45) is 0 Å². The second kappa shape index (κ2) is 6.43. The molecule has 0 radical (unpaired) electrons. The van der Waals surface area contributed by atoms with Crippen molar-refractivity contribution in [1.29, 1.82) is 0 Å². The molecule has 0 aliphatic carbocycles. The van der Waals surface area contributed by atoms with E-state index in [0.717, 1.165) is 25.2 Å². The van der Waals surface area contributed by atoms with Crippen molar-refractivity contribution in [3.8, 4) is 0 Å². The summed E-state index contributed by atoms with van der Waals surface area (Å²) in [6, 6.07) is 4.20. The predicted octanol–water partition coefficient (Wildman–Crippen LogP) is 1.29. The van der Waals surface area contributed by atoms with E-state index in [2.05, 4.69) is 9.88 Å². The van der Waals surface area contributed by atoms with E-state index >= 15 is 0 Å². The number of nitrogens with zero attached hydrogens (tertiary/aromatic N) is 3. The van der Waals surface area contributed by atoms with Gasteiger partial charge in [-0.3, -0.25) is 14.7 Å². The maximum absolute atomic E-state index is 12.4. The first-order valence-electron chi connectivity index (χ1n) is 7.94. The number of carbonyl (C=O) groups excluding carboxylic acids is 1. The van der Waals surface area contributed by atoms with Crippen molar-refractivity contribution in [3.05, 3.63) is 24.0 Å². The highest BCUT2D eigenvalue weighted by atomic mass is 16.2. The van der Waals surface area contributed by atoms with Gasteiger partial charge in [0.2, 0.25) is 5.91 Å². The molecular weight excluding hydrogens is 264 g/mol. The Bertz CT molecular complexity index is 482. The molecule has 0 spiro atoms. The lowest BCUT2D eigenvalue weighted by molar-refractivity contribution is -0.129. The maximum atomic E-state index is 12.4. The van der Waals surface area contributed by atoms with E-state index in [1.807, 2.05) is 11.0 Å². The molecule has 1 unspecified atom stereocenters. The van der Waals surface area contributed by atoms with Gasteiger partial charge in [0.25, 0.3) is 0 Å². The molecule has 1 aromatic heterocycles. The van der Waals surface area contributed by atoms with Gasteiger partial charge in [0.1, 0.15) is 0 Å². The molecule has 1 atom stereocenters. The summed E-state index contributed by atoms with van der Waals surface area (Å²) in [5, 5.41) is 0. The molecule has 0 aromatic carbocycles. The van der Waals surface area contributed by atoms with Crippen LogP contribution in [0.25, 0.3) is 0 Å². The summed E-state index contributed by atoms with van der Waals surface area (Å²) in [7, 11) is 0. The minimum atomic E-state index is 0.187. The third-order valence-corrected chi connectivity index (χ3v) is 4.60. The lowest BCUT2D eigenvalue weighted by Crippen LogP contribution is -2.41. The Labute approximate surface area is 126 Å². The SMILES string of the molecule is Nc1ccc(CC(=O)N2CCC(N3CCCCC3)C2)nc1. The van der Waals surface area contributed by atoms with Crippen LogP contribution in [0, 0.1) is 0 Å². The largest absolute Gasteiger partial charge is 0.397 e. The van der Waals surface area contributed by atoms with Crippen LogP contribution in [0.1, 0.15) is 31.4 Å². The Kier molecular flexibility index (Phi) is 4.39. The number of nitrogen functional groups attached to an aromatic ring is 1. The van der Waals surface area contributed by atoms with Gasteiger partial charge in [-0.2, -0.15) is 0 Å². The molecule has 21 heavy (non-hydrogen) atoms. The normalized spacial score (nSPS) is 23.4. The van der Waals surface area contributed by atoms with Crippen molar-refractivity contribution >= 4 is 11.6 Å². The van der Waals surface area contributed by atoms with Crippen LogP contribution >= 0.6 is 0 Å². The molecule has 0 bridgehead atoms. The summed E-state index contributed by atoms with van der Waals surface area (Å²) in [4.78, 5) is 21.1. The Morgan fingerprint density at radius 3 is 2.76 bits per heavy atom. The summed E-state index contributed by atoms with van der Waals surface area (Å²) in [6.07, 6.45) is 7.07. The van der Waals surface area contributed by atoms with Crippen molar-refractivity contribution in [3.63, 3.8) is 0 Å². The number of anilines is 1. The van der Waals surface area contributed by atoms with Crippen molar-refractivity contribution in [2.45, 2.75) is 38.1 Å². The van der Waals surface area contributed by atoms with E-state index in [-0.39, 0.29) is 5.91 Å². The van der Waals surface area contributed by atoms with Gasteiger partial charge < -0.3 is 10.6 Å². The van der Waals surface area contributed by atoms with Crippen LogP contribution in [0.15, 0.2) is 18.3 Å². The minimum absolute atomic E-state index is 0.187. The monoisotopic (exact) mass is 288 g/mol. The van der Waals surface area contributed by atoms with Crippen molar-refractivity contribution < 1.29 is 4.79 Å². The highest BCUT2D eigenvalue weighted by Gasteiger charge is 2.30. The summed E-state index contributed by atoms with van der Waals surface area (Å²) in [5.74, 6) is 0.187. The first-order valence-corrected chi connectivity index (χ1v) is 7.94. The molecule has 0 saturated carbocycles. The molecule has 114 valence electrons. The molecule has 2 aliphatic heterocycles. The van der Waals surface area contributed by atoms with Gasteiger partial charge in [-0.25, -0.2) is 0 Å². The molecule has 2 N–H and O–H groups in total. The standard InChI is InChI=1S/C16H24N4O/c17-13-4-5-14(18-11-13)10-16(21)20-9-6-15(12-20)19-7-2-1-3-8-19/h4-5,11,15H,1-3,6-10,12,17H2. The number of hydrogen-bond acceptors (Lipinski definition) is 4. The molecule has 5 nitrogen and oxygen atoms in total. The van der Waals surface area contributed by atoms with Gasteiger partial charge in [-0.15, -0.1) is 0 Å². The van der Waals surface area contributed by atoms with Gasteiger partial charge in [-0.05, 0) is 44.5 Å². The second-order valence-corrected chi connectivity index (χ2v) is 6.14. The Balaban J connectivity index is 1.53. The zero-order valence-electron chi connectivity index (χ0n) is 12.5. The smallest absolute Gasteiger partial charge is 0.228 e. The number of likely N-dealkylation sites (tertiary alicyclic amines) is 2. The Hall–Kier alpha value is -1.62. The number of carbonyl (C=O) groups is 1. The summed E-state index contributed by atoms with van der Waals surface area (Å²) >= 11 is 0. The van der Waals surface area contributed by atoms with Crippen LogP contribution < -0.4 is 5.73 Å². The lowest BCUT2D eigenvalue weighted by atomic mass is 10.1. The number of hydrogen-bond donors (Lipinski definition) is 1. The molecule has 3 heterocycles. The van der Waals surface area contributed by atoms with Crippen LogP contribution in [0.5, 0.6) is 0 Å². The fourth-order valence-electron chi connectivity index (χ4n) is 3.36. The second-order valence-electron chi connectivity index (χ2n) is 6.14. The van der Waals surface area contributed by atoms with Crippen LogP contribution in [-0.4, -0.2) is 52.9 Å². The van der Waals surface area contributed by atoms with E-state index in [0.29, 0.717) is 18.2 Å². The minimum Gasteiger partial charge on any atom is -0.397 e. The summed E-state index contributed by atoms with van der Waals surface area (Å²) < 4.78 is 0. The molecule has 3 rings (SSSR count). The highest BCUT2D eigenvalue weighted by Crippen LogP contribution is 2.20. The topological polar surface area (TPSA) is 62.5 Å². The third kappa shape index (κ3) is 3.53. The van der Waals surface area contributed by atoms with Crippen molar-refractivity contribution in [2.75, 3.05) is 31.9 Å². The summed E-state index contributed by atoms with van der Waals surface area (Å²) in [6.45, 7) is 4.17. The van der Waals surface area contributed by atoms with Crippen LogP contribution in [0.2, 0.25) is 0 Å². The molecule has 1 aromatic rings. The first kappa shape index (κ1) is 14.3. The van der Waals surface area contributed by atoms with Gasteiger partial charge in [0.15, 0.2) is 0 Å².